The minimum Gasteiger partial charge on any atom is -0.342 e. The van der Waals surface area contributed by atoms with E-state index in [2.05, 4.69) is 20.2 Å². The smallest absolute Gasteiger partial charge is 0.342 e. The molecule has 154 valence electrons. The third-order valence-electron chi connectivity index (χ3n) is 5.16. The van der Waals surface area contributed by atoms with Crippen LogP contribution >= 0.6 is 0 Å². The molecule has 1 saturated heterocycles. The summed E-state index contributed by atoms with van der Waals surface area (Å²) in [5, 5.41) is 7.48. The van der Waals surface area contributed by atoms with Gasteiger partial charge in [0, 0.05) is 25.4 Å². The number of carbonyl (C=O) groups is 1. The lowest BCUT2D eigenvalue weighted by Gasteiger charge is -2.32. The van der Waals surface area contributed by atoms with Crippen molar-refractivity contribution in [2.45, 2.75) is 44.8 Å². The van der Waals surface area contributed by atoms with E-state index >= 15 is 0 Å². The van der Waals surface area contributed by atoms with Crippen LogP contribution < -0.4 is 0 Å². The van der Waals surface area contributed by atoms with E-state index in [4.69, 9.17) is 4.52 Å². The molecule has 29 heavy (non-hydrogen) atoms. The first-order valence-electron chi connectivity index (χ1n) is 9.27. The third-order valence-corrected chi connectivity index (χ3v) is 5.16. The van der Waals surface area contributed by atoms with Crippen LogP contribution in [0.5, 0.6) is 0 Å². The summed E-state index contributed by atoms with van der Waals surface area (Å²) >= 11 is 0. The molecule has 1 unspecified atom stereocenters. The number of rotatable bonds is 4. The summed E-state index contributed by atoms with van der Waals surface area (Å²) in [5.41, 5.74) is -0.498. The molecular formula is C18H19F3N6O2. The Morgan fingerprint density at radius 3 is 2.93 bits per heavy atom. The summed E-state index contributed by atoms with van der Waals surface area (Å²) < 4.78 is 47.3. The molecule has 0 radical (unpaired) electrons. The molecular weight excluding hydrogens is 389 g/mol. The Balaban J connectivity index is 1.55. The van der Waals surface area contributed by atoms with E-state index in [1.165, 1.54) is 19.6 Å². The number of aryl methyl sites for hydroxylation is 2. The molecule has 1 fully saturated rings. The number of pyridine rings is 1. The van der Waals surface area contributed by atoms with Gasteiger partial charge in [-0.1, -0.05) is 5.16 Å². The zero-order chi connectivity index (χ0) is 20.6. The van der Waals surface area contributed by atoms with E-state index in [9.17, 15) is 18.0 Å². The fourth-order valence-electron chi connectivity index (χ4n) is 3.71. The number of halogens is 3. The van der Waals surface area contributed by atoms with Crippen molar-refractivity contribution in [3.63, 3.8) is 0 Å². The Labute approximate surface area is 163 Å². The number of piperidine rings is 1. The van der Waals surface area contributed by atoms with Gasteiger partial charge in [0.05, 0.1) is 28.9 Å². The van der Waals surface area contributed by atoms with Gasteiger partial charge in [-0.25, -0.2) is 9.97 Å². The van der Waals surface area contributed by atoms with Crippen molar-refractivity contribution >= 4 is 17.0 Å². The summed E-state index contributed by atoms with van der Waals surface area (Å²) in [7, 11) is 0. The van der Waals surface area contributed by atoms with Gasteiger partial charge in [-0.3, -0.25) is 9.48 Å². The molecule has 0 N–H and O–H groups in total. The summed E-state index contributed by atoms with van der Waals surface area (Å²) in [6, 6.07) is 1.07. The van der Waals surface area contributed by atoms with Crippen molar-refractivity contribution in [2.24, 2.45) is 0 Å². The van der Waals surface area contributed by atoms with Gasteiger partial charge in [0.2, 0.25) is 5.91 Å². The molecule has 1 atom stereocenters. The maximum Gasteiger partial charge on any atom is 0.417 e. The van der Waals surface area contributed by atoms with Crippen molar-refractivity contribution in [2.75, 3.05) is 13.1 Å². The van der Waals surface area contributed by atoms with Gasteiger partial charge in [0.15, 0.2) is 0 Å². The van der Waals surface area contributed by atoms with E-state index in [1.54, 1.807) is 9.58 Å². The number of hydrogen-bond donors (Lipinski definition) is 0. The second-order valence-corrected chi connectivity index (χ2v) is 7.13. The van der Waals surface area contributed by atoms with E-state index in [1.807, 2.05) is 0 Å². The molecule has 3 aromatic rings. The molecule has 4 rings (SSSR count). The Morgan fingerprint density at radius 2 is 2.21 bits per heavy atom. The highest BCUT2D eigenvalue weighted by atomic mass is 19.4. The van der Waals surface area contributed by atoms with Crippen LogP contribution in [0.15, 0.2) is 23.2 Å². The molecule has 0 spiro atoms. The normalized spacial score (nSPS) is 17.8. The number of fused-ring (bicyclic) bond motifs is 1. The lowest BCUT2D eigenvalue weighted by Crippen LogP contribution is -2.39. The number of amides is 1. The number of carbonyl (C=O) groups excluding carboxylic acids is 1. The average Bonchev–Trinajstić information content (AvgIpc) is 3.35. The maximum absolute atomic E-state index is 13.6. The summed E-state index contributed by atoms with van der Waals surface area (Å²) in [5.74, 6) is -0.368. The van der Waals surface area contributed by atoms with E-state index in [0.717, 1.165) is 6.07 Å². The first-order chi connectivity index (χ1) is 13.8. The van der Waals surface area contributed by atoms with Crippen LogP contribution in [0.1, 0.15) is 42.1 Å². The Hall–Kier alpha value is -2.98. The first kappa shape index (κ1) is 19.3. The number of hydrogen-bond acceptors (Lipinski definition) is 6. The van der Waals surface area contributed by atoms with Crippen LogP contribution in [-0.4, -0.2) is 48.8 Å². The second-order valence-electron chi connectivity index (χ2n) is 7.13. The third kappa shape index (κ3) is 3.94. The van der Waals surface area contributed by atoms with Crippen molar-refractivity contribution in [1.82, 2.24) is 29.8 Å². The maximum atomic E-state index is 13.6. The molecule has 0 aliphatic carbocycles. The molecule has 3 aromatic heterocycles. The van der Waals surface area contributed by atoms with Crippen LogP contribution in [0.2, 0.25) is 0 Å². The average molecular weight is 408 g/mol. The van der Waals surface area contributed by atoms with Crippen LogP contribution in [-0.2, 0) is 17.5 Å². The van der Waals surface area contributed by atoms with E-state index in [0.29, 0.717) is 32.5 Å². The van der Waals surface area contributed by atoms with Gasteiger partial charge in [-0.15, -0.1) is 0 Å². The Morgan fingerprint density at radius 1 is 1.38 bits per heavy atom. The predicted octanol–water partition coefficient (Wildman–Crippen LogP) is 2.94. The molecule has 0 saturated carbocycles. The van der Waals surface area contributed by atoms with Gasteiger partial charge < -0.3 is 9.42 Å². The van der Waals surface area contributed by atoms with Crippen LogP contribution in [0.4, 0.5) is 13.2 Å². The quantitative estimate of drug-likeness (QED) is 0.659. The van der Waals surface area contributed by atoms with Gasteiger partial charge >= 0.3 is 6.18 Å². The largest absolute Gasteiger partial charge is 0.417 e. The topological polar surface area (TPSA) is 89.9 Å². The van der Waals surface area contributed by atoms with Crippen molar-refractivity contribution in [3.8, 4) is 0 Å². The second kappa shape index (κ2) is 7.45. The minimum absolute atomic E-state index is 0.0715. The molecule has 0 bridgehead atoms. The van der Waals surface area contributed by atoms with Crippen molar-refractivity contribution in [1.29, 1.82) is 0 Å². The lowest BCUT2D eigenvalue weighted by molar-refractivity contribution is -0.136. The molecule has 11 heteroatoms. The van der Waals surface area contributed by atoms with E-state index in [-0.39, 0.29) is 40.7 Å². The molecule has 1 amide bonds. The predicted molar refractivity (Wildman–Crippen MR) is 94.7 cm³/mol. The molecule has 0 aromatic carbocycles. The minimum atomic E-state index is -4.55. The molecule has 1 aliphatic heterocycles. The van der Waals surface area contributed by atoms with Gasteiger partial charge in [0.1, 0.15) is 12.7 Å². The molecule has 1 aliphatic rings. The van der Waals surface area contributed by atoms with Crippen molar-refractivity contribution in [3.05, 3.63) is 35.7 Å². The highest BCUT2D eigenvalue weighted by molar-refractivity contribution is 5.81. The SMILES string of the molecule is Cc1noc2nc(C3CCCN(C(=O)CCn4cncn4)C3)cc(C(F)(F)F)c12. The Kier molecular flexibility index (Phi) is 4.97. The van der Waals surface area contributed by atoms with E-state index < -0.39 is 11.7 Å². The number of aromatic nitrogens is 5. The summed E-state index contributed by atoms with van der Waals surface area (Å²) in [6.07, 6.45) is -0.0337. The number of alkyl halides is 3. The van der Waals surface area contributed by atoms with Gasteiger partial charge in [-0.2, -0.15) is 18.3 Å². The summed E-state index contributed by atoms with van der Waals surface area (Å²) in [6.45, 7) is 2.75. The Bertz CT molecular complexity index is 1010. The molecule has 8 nitrogen and oxygen atoms in total. The van der Waals surface area contributed by atoms with Gasteiger partial charge in [-0.05, 0) is 25.8 Å². The fraction of sp³-hybridized carbons (Fsp3) is 0.500. The van der Waals surface area contributed by atoms with Crippen LogP contribution in [0.25, 0.3) is 11.1 Å². The molecule has 4 heterocycles. The zero-order valence-corrected chi connectivity index (χ0v) is 15.7. The van der Waals surface area contributed by atoms with Gasteiger partial charge in [0.25, 0.3) is 5.71 Å². The zero-order valence-electron chi connectivity index (χ0n) is 15.7. The highest BCUT2D eigenvalue weighted by Crippen LogP contribution is 2.38. The number of nitrogens with zero attached hydrogens (tertiary/aromatic N) is 6. The van der Waals surface area contributed by atoms with Crippen LogP contribution in [0.3, 0.4) is 0 Å². The highest BCUT2D eigenvalue weighted by Gasteiger charge is 2.37. The van der Waals surface area contributed by atoms with Crippen molar-refractivity contribution < 1.29 is 22.5 Å². The lowest BCUT2D eigenvalue weighted by atomic mass is 9.92. The first-order valence-corrected chi connectivity index (χ1v) is 9.27. The number of likely N-dealkylation sites (tertiary alicyclic amines) is 1. The monoisotopic (exact) mass is 408 g/mol. The standard InChI is InChI=1S/C18H19F3N6O2/c1-11-16-13(18(19,20)21)7-14(24-17(16)29-25-11)12-3-2-5-26(8-12)15(28)4-6-27-10-22-9-23-27/h7,9-10,12H,2-6,8H2,1H3. The summed E-state index contributed by atoms with van der Waals surface area (Å²) in [4.78, 5) is 22.3. The van der Waals surface area contributed by atoms with Crippen LogP contribution in [0, 0.1) is 6.92 Å². The fourth-order valence-corrected chi connectivity index (χ4v) is 3.71.